The molecule has 0 radical (unpaired) electrons. The Kier molecular flexibility index (Phi) is 2.32. The van der Waals surface area contributed by atoms with Crippen molar-refractivity contribution in [3.05, 3.63) is 22.8 Å². The molecule has 5 heteroatoms. The van der Waals surface area contributed by atoms with Gasteiger partial charge in [-0.25, -0.2) is 4.39 Å². The maximum atomic E-state index is 13.6. The molecule has 1 heterocycles. The molecular weight excluding hydrogens is 219 g/mol. The Morgan fingerprint density at radius 3 is 2.87 bits per heavy atom. The smallest absolute Gasteiger partial charge is 0.195 e. The highest BCUT2D eigenvalue weighted by atomic mass is 32.1. The van der Waals surface area contributed by atoms with Crippen LogP contribution in [0.1, 0.15) is 9.67 Å². The molecule has 0 spiro atoms. The molecule has 0 aliphatic rings. The van der Waals surface area contributed by atoms with E-state index in [0.717, 1.165) is 11.3 Å². The van der Waals surface area contributed by atoms with E-state index in [0.29, 0.717) is 15.9 Å². The number of fused-ring (bicyclic) bond motifs is 1. The minimum atomic E-state index is -0.756. The van der Waals surface area contributed by atoms with Gasteiger partial charge in [-0.05, 0) is 6.07 Å². The van der Waals surface area contributed by atoms with E-state index in [-0.39, 0.29) is 11.1 Å². The van der Waals surface area contributed by atoms with Gasteiger partial charge >= 0.3 is 0 Å². The van der Waals surface area contributed by atoms with E-state index in [9.17, 15) is 14.3 Å². The maximum Gasteiger partial charge on any atom is 0.195 e. The Bertz CT molecular complexity index is 533. The van der Waals surface area contributed by atoms with E-state index in [1.807, 2.05) is 0 Å². The summed E-state index contributed by atoms with van der Waals surface area (Å²) in [4.78, 5) is 10.9. The Hall–Kier alpha value is -1.62. The summed E-state index contributed by atoms with van der Waals surface area (Å²) in [5.41, 5.74) is 0. The van der Waals surface area contributed by atoms with Gasteiger partial charge in [-0.2, -0.15) is 0 Å². The maximum absolute atomic E-state index is 13.6. The predicted molar refractivity (Wildman–Crippen MR) is 55.4 cm³/mol. The summed E-state index contributed by atoms with van der Waals surface area (Å²) < 4.78 is 18.9. The second-order valence-electron chi connectivity index (χ2n) is 2.92. The number of halogens is 1. The minimum Gasteiger partial charge on any atom is -0.502 e. The third-order valence-corrected chi connectivity index (χ3v) is 3.06. The van der Waals surface area contributed by atoms with Crippen LogP contribution in [0.4, 0.5) is 4.39 Å². The number of phenols is 1. The lowest BCUT2D eigenvalue weighted by Gasteiger charge is -2.04. The van der Waals surface area contributed by atoms with Crippen LogP contribution in [0.3, 0.4) is 0 Å². The lowest BCUT2D eigenvalue weighted by atomic mass is 10.2. The average Bonchev–Trinajstić information content (AvgIpc) is 2.66. The molecular formula is C10H7FO3S. The van der Waals surface area contributed by atoms with Crippen molar-refractivity contribution < 1.29 is 19.0 Å². The molecule has 15 heavy (non-hydrogen) atoms. The molecule has 78 valence electrons. The quantitative estimate of drug-likeness (QED) is 0.800. The number of benzene rings is 1. The second-order valence-corrected chi connectivity index (χ2v) is 4.04. The Labute approximate surface area is 88.7 Å². The fourth-order valence-corrected chi connectivity index (χ4v) is 2.24. The standard InChI is InChI=1S/C10H7FO3S/c1-14-7-3-8-6(9(11)10(7)13)2-5(4-12)15-8/h2-4,13H,1H3. The van der Waals surface area contributed by atoms with Crippen LogP contribution in [-0.4, -0.2) is 18.5 Å². The van der Waals surface area contributed by atoms with Gasteiger partial charge in [-0.1, -0.05) is 0 Å². The predicted octanol–water partition coefficient (Wildman–Crippen LogP) is 2.57. The molecule has 0 saturated heterocycles. The highest BCUT2D eigenvalue weighted by Gasteiger charge is 2.15. The number of aldehydes is 1. The van der Waals surface area contributed by atoms with Crippen LogP contribution in [-0.2, 0) is 0 Å². The van der Waals surface area contributed by atoms with Crippen molar-refractivity contribution in [3.8, 4) is 11.5 Å². The minimum absolute atomic E-state index is 0.0688. The number of thiophene rings is 1. The number of hydrogen-bond acceptors (Lipinski definition) is 4. The normalized spacial score (nSPS) is 10.5. The van der Waals surface area contributed by atoms with Crippen molar-refractivity contribution in [1.29, 1.82) is 0 Å². The fraction of sp³-hybridized carbons (Fsp3) is 0.100. The first-order valence-electron chi connectivity index (χ1n) is 4.11. The van der Waals surface area contributed by atoms with Crippen LogP contribution in [0.2, 0.25) is 0 Å². The molecule has 0 saturated carbocycles. The Balaban J connectivity index is 2.81. The molecule has 0 unspecified atom stereocenters. The molecule has 2 aromatic rings. The average molecular weight is 226 g/mol. The summed E-state index contributed by atoms with van der Waals surface area (Å²) in [6.45, 7) is 0. The van der Waals surface area contributed by atoms with Gasteiger partial charge in [-0.3, -0.25) is 4.79 Å². The first-order valence-corrected chi connectivity index (χ1v) is 4.93. The topological polar surface area (TPSA) is 46.5 Å². The highest BCUT2D eigenvalue weighted by molar-refractivity contribution is 7.20. The summed E-state index contributed by atoms with van der Waals surface area (Å²) in [6, 6.07) is 2.91. The molecule has 0 atom stereocenters. The summed E-state index contributed by atoms with van der Waals surface area (Å²) in [6.07, 6.45) is 0.646. The number of aromatic hydroxyl groups is 1. The summed E-state index contributed by atoms with van der Waals surface area (Å²) >= 11 is 1.15. The third kappa shape index (κ3) is 1.45. The SMILES string of the molecule is COc1cc2sc(C=O)cc2c(F)c1O. The van der Waals surface area contributed by atoms with Crippen molar-refractivity contribution in [2.24, 2.45) is 0 Å². The van der Waals surface area contributed by atoms with Gasteiger partial charge in [-0.15, -0.1) is 11.3 Å². The number of ether oxygens (including phenoxy) is 1. The molecule has 3 nitrogen and oxygen atoms in total. The number of methoxy groups -OCH3 is 1. The third-order valence-electron chi connectivity index (χ3n) is 2.06. The lowest BCUT2D eigenvalue weighted by Crippen LogP contribution is -1.86. The zero-order valence-electron chi connectivity index (χ0n) is 7.78. The van der Waals surface area contributed by atoms with Crippen LogP contribution in [0, 0.1) is 5.82 Å². The molecule has 1 aromatic heterocycles. The largest absolute Gasteiger partial charge is 0.502 e. The molecule has 2 rings (SSSR count). The van der Waals surface area contributed by atoms with Crippen LogP contribution in [0.15, 0.2) is 12.1 Å². The molecule has 0 fully saturated rings. The molecule has 0 aliphatic carbocycles. The Morgan fingerprint density at radius 1 is 1.53 bits per heavy atom. The van der Waals surface area contributed by atoms with Gasteiger partial charge in [0, 0.05) is 16.2 Å². The molecule has 1 aromatic carbocycles. The van der Waals surface area contributed by atoms with Crippen molar-refractivity contribution in [2.75, 3.05) is 7.11 Å². The number of carbonyl (C=O) groups excluding carboxylic acids is 1. The van der Waals surface area contributed by atoms with E-state index < -0.39 is 11.6 Å². The van der Waals surface area contributed by atoms with Gasteiger partial charge in [0.2, 0.25) is 0 Å². The van der Waals surface area contributed by atoms with Gasteiger partial charge in [0.05, 0.1) is 12.0 Å². The summed E-state index contributed by atoms with van der Waals surface area (Å²) in [5, 5.41) is 9.63. The second kappa shape index (κ2) is 3.51. The van der Waals surface area contributed by atoms with Crippen LogP contribution in [0.5, 0.6) is 11.5 Å². The van der Waals surface area contributed by atoms with Gasteiger partial charge in [0.15, 0.2) is 23.6 Å². The zero-order valence-corrected chi connectivity index (χ0v) is 8.60. The molecule has 0 aliphatic heterocycles. The van der Waals surface area contributed by atoms with E-state index in [1.54, 1.807) is 0 Å². The highest BCUT2D eigenvalue weighted by Crippen LogP contribution is 2.38. The van der Waals surface area contributed by atoms with Crippen LogP contribution >= 0.6 is 11.3 Å². The van der Waals surface area contributed by atoms with Crippen molar-refractivity contribution in [2.45, 2.75) is 0 Å². The van der Waals surface area contributed by atoms with E-state index in [1.165, 1.54) is 19.2 Å². The molecule has 1 N–H and O–H groups in total. The van der Waals surface area contributed by atoms with Crippen molar-refractivity contribution in [3.63, 3.8) is 0 Å². The van der Waals surface area contributed by atoms with Crippen LogP contribution in [0.25, 0.3) is 10.1 Å². The first-order chi connectivity index (χ1) is 7.17. The fourth-order valence-electron chi connectivity index (χ4n) is 1.34. The monoisotopic (exact) mass is 226 g/mol. The molecule has 0 bridgehead atoms. The van der Waals surface area contributed by atoms with Crippen molar-refractivity contribution in [1.82, 2.24) is 0 Å². The number of rotatable bonds is 2. The van der Waals surface area contributed by atoms with Gasteiger partial charge in [0.1, 0.15) is 0 Å². The lowest BCUT2D eigenvalue weighted by molar-refractivity contribution is 0.112. The zero-order chi connectivity index (χ0) is 11.0. The summed E-state index contributed by atoms with van der Waals surface area (Å²) in [5.74, 6) is -1.21. The summed E-state index contributed by atoms with van der Waals surface area (Å²) in [7, 11) is 1.34. The van der Waals surface area contributed by atoms with Gasteiger partial charge < -0.3 is 9.84 Å². The number of hydrogen-bond donors (Lipinski definition) is 1. The van der Waals surface area contributed by atoms with E-state index in [2.05, 4.69) is 0 Å². The first kappa shape index (κ1) is 9.92. The van der Waals surface area contributed by atoms with E-state index >= 15 is 0 Å². The van der Waals surface area contributed by atoms with Crippen molar-refractivity contribution >= 4 is 27.7 Å². The van der Waals surface area contributed by atoms with Crippen LogP contribution < -0.4 is 4.74 Å². The number of phenolic OH excluding ortho intramolecular Hbond substituents is 1. The van der Waals surface area contributed by atoms with E-state index in [4.69, 9.17) is 4.74 Å². The molecule has 0 amide bonds. The van der Waals surface area contributed by atoms with Gasteiger partial charge in [0.25, 0.3) is 0 Å². The Morgan fingerprint density at radius 2 is 2.27 bits per heavy atom. The number of carbonyl (C=O) groups is 1.